The minimum atomic E-state index is -0.213. The summed E-state index contributed by atoms with van der Waals surface area (Å²) in [6.07, 6.45) is 0. The minimum Gasteiger partial charge on any atom is -0.496 e. The molecule has 24 heavy (non-hydrogen) atoms. The van der Waals surface area contributed by atoms with E-state index in [1.165, 1.54) is 0 Å². The first-order chi connectivity index (χ1) is 11.4. The zero-order valence-electron chi connectivity index (χ0n) is 13.7. The summed E-state index contributed by atoms with van der Waals surface area (Å²) >= 11 is 2.12. The van der Waals surface area contributed by atoms with Gasteiger partial charge in [0.1, 0.15) is 5.75 Å². The number of ether oxygens (including phenoxy) is 1. The van der Waals surface area contributed by atoms with Crippen molar-refractivity contribution in [2.75, 3.05) is 12.4 Å². The third-order valence-corrected chi connectivity index (χ3v) is 4.08. The molecule has 0 spiro atoms. The first kappa shape index (κ1) is 18.3. The Kier molecular flexibility index (Phi) is 6.19. The summed E-state index contributed by atoms with van der Waals surface area (Å²) in [5, 5.41) is 5.64. The summed E-state index contributed by atoms with van der Waals surface area (Å²) in [6.45, 7) is 3.81. The van der Waals surface area contributed by atoms with Crippen LogP contribution in [0.25, 0.3) is 0 Å². The molecule has 0 fully saturated rings. The van der Waals surface area contributed by atoms with Gasteiger partial charge in [-0.2, -0.15) is 0 Å². The normalized spacial score (nSPS) is 10.4. The quantitative estimate of drug-likeness (QED) is 0.700. The van der Waals surface area contributed by atoms with Gasteiger partial charge in [-0.15, -0.1) is 0 Å². The molecule has 0 heterocycles. The van der Waals surface area contributed by atoms with E-state index in [1.54, 1.807) is 49.6 Å². The van der Waals surface area contributed by atoms with Crippen LogP contribution < -0.4 is 15.4 Å². The minimum absolute atomic E-state index is 0.0782. The van der Waals surface area contributed by atoms with Crippen LogP contribution >= 0.6 is 22.6 Å². The number of rotatable bonds is 5. The maximum atomic E-state index is 12.3. The Bertz CT molecular complexity index is 742. The molecule has 0 saturated heterocycles. The van der Waals surface area contributed by atoms with Gasteiger partial charge < -0.3 is 15.4 Å². The SMILES string of the molecule is COc1ccc(C(=O)Nc2ccc(C(=O)NC(C)C)cc2)cc1I. The van der Waals surface area contributed by atoms with E-state index in [4.69, 9.17) is 4.74 Å². The van der Waals surface area contributed by atoms with Crippen molar-refractivity contribution in [3.05, 3.63) is 57.2 Å². The van der Waals surface area contributed by atoms with Gasteiger partial charge in [0.2, 0.25) is 0 Å². The number of nitrogens with one attached hydrogen (secondary N) is 2. The third kappa shape index (κ3) is 4.70. The van der Waals surface area contributed by atoms with E-state index < -0.39 is 0 Å². The number of methoxy groups -OCH3 is 1. The lowest BCUT2D eigenvalue weighted by Gasteiger charge is -2.10. The zero-order valence-corrected chi connectivity index (χ0v) is 15.9. The summed E-state index contributed by atoms with van der Waals surface area (Å²) in [4.78, 5) is 24.2. The van der Waals surface area contributed by atoms with E-state index >= 15 is 0 Å². The van der Waals surface area contributed by atoms with Gasteiger partial charge in [-0.25, -0.2) is 0 Å². The van der Waals surface area contributed by atoms with Crippen LogP contribution in [0, 0.1) is 3.57 Å². The number of hydrogen-bond donors (Lipinski definition) is 2. The largest absolute Gasteiger partial charge is 0.496 e. The lowest BCUT2D eigenvalue weighted by Crippen LogP contribution is -2.30. The number of hydrogen-bond acceptors (Lipinski definition) is 3. The Morgan fingerprint density at radius 3 is 2.17 bits per heavy atom. The average Bonchev–Trinajstić information content (AvgIpc) is 2.54. The molecule has 2 aromatic carbocycles. The van der Waals surface area contributed by atoms with E-state index in [0.29, 0.717) is 16.8 Å². The summed E-state index contributed by atoms with van der Waals surface area (Å²) in [5.74, 6) is 0.384. The number of halogens is 1. The molecule has 2 aromatic rings. The van der Waals surface area contributed by atoms with Crippen molar-refractivity contribution < 1.29 is 14.3 Å². The molecule has 0 aliphatic rings. The van der Waals surface area contributed by atoms with Crippen LogP contribution in [0.5, 0.6) is 5.75 Å². The van der Waals surface area contributed by atoms with Crippen LogP contribution in [0.4, 0.5) is 5.69 Å². The summed E-state index contributed by atoms with van der Waals surface area (Å²) in [5.41, 5.74) is 1.73. The molecule has 0 bridgehead atoms. The number of carbonyl (C=O) groups excluding carboxylic acids is 2. The monoisotopic (exact) mass is 438 g/mol. The summed E-state index contributed by atoms with van der Waals surface area (Å²) < 4.78 is 6.05. The Morgan fingerprint density at radius 1 is 1.00 bits per heavy atom. The Morgan fingerprint density at radius 2 is 1.62 bits per heavy atom. The Hall–Kier alpha value is -2.09. The molecule has 0 aliphatic carbocycles. The summed E-state index contributed by atoms with van der Waals surface area (Å²) in [6, 6.07) is 12.1. The second-order valence-corrected chi connectivity index (χ2v) is 6.67. The number of amides is 2. The predicted molar refractivity (Wildman–Crippen MR) is 103 cm³/mol. The highest BCUT2D eigenvalue weighted by Crippen LogP contribution is 2.22. The van der Waals surface area contributed by atoms with Gasteiger partial charge in [-0.1, -0.05) is 0 Å². The van der Waals surface area contributed by atoms with Crippen LogP contribution in [0.2, 0.25) is 0 Å². The maximum absolute atomic E-state index is 12.3. The lowest BCUT2D eigenvalue weighted by molar-refractivity contribution is 0.0942. The molecular formula is C18H19IN2O3. The van der Waals surface area contributed by atoms with Crippen LogP contribution in [0.15, 0.2) is 42.5 Å². The molecule has 0 radical (unpaired) electrons. The molecule has 0 aromatic heterocycles. The predicted octanol–water partition coefficient (Wildman–Crippen LogP) is 3.69. The van der Waals surface area contributed by atoms with E-state index in [2.05, 4.69) is 33.2 Å². The molecule has 0 atom stereocenters. The molecule has 2 N–H and O–H groups in total. The van der Waals surface area contributed by atoms with E-state index in [1.807, 2.05) is 13.8 Å². The lowest BCUT2D eigenvalue weighted by atomic mass is 10.1. The molecule has 0 unspecified atom stereocenters. The van der Waals surface area contributed by atoms with Crippen LogP contribution in [0.3, 0.4) is 0 Å². The average molecular weight is 438 g/mol. The second-order valence-electron chi connectivity index (χ2n) is 5.51. The van der Waals surface area contributed by atoms with Gasteiger partial charge in [0.05, 0.1) is 10.7 Å². The van der Waals surface area contributed by atoms with E-state index in [0.717, 1.165) is 9.32 Å². The molecule has 6 heteroatoms. The Balaban J connectivity index is 2.07. The fourth-order valence-electron chi connectivity index (χ4n) is 2.06. The molecule has 126 valence electrons. The fraction of sp³-hybridized carbons (Fsp3) is 0.222. The second kappa shape index (κ2) is 8.14. The highest BCUT2D eigenvalue weighted by atomic mass is 127. The van der Waals surface area contributed by atoms with Gasteiger partial charge in [0.25, 0.3) is 11.8 Å². The molecule has 5 nitrogen and oxygen atoms in total. The number of anilines is 1. The smallest absolute Gasteiger partial charge is 0.255 e. The number of carbonyl (C=O) groups is 2. The zero-order chi connectivity index (χ0) is 17.7. The molecule has 2 rings (SSSR count). The van der Waals surface area contributed by atoms with Crippen LogP contribution in [-0.4, -0.2) is 25.0 Å². The van der Waals surface area contributed by atoms with Gasteiger partial charge in [-0.3, -0.25) is 9.59 Å². The maximum Gasteiger partial charge on any atom is 0.255 e. The Labute approximate surface area is 154 Å². The first-order valence-electron chi connectivity index (χ1n) is 7.46. The van der Waals surface area contributed by atoms with Crippen molar-refractivity contribution in [2.24, 2.45) is 0 Å². The molecule has 0 aliphatic heterocycles. The fourth-order valence-corrected chi connectivity index (χ4v) is 2.80. The van der Waals surface area contributed by atoms with Crippen LogP contribution in [-0.2, 0) is 0 Å². The van der Waals surface area contributed by atoms with Crippen molar-refractivity contribution in [3.63, 3.8) is 0 Å². The molecular weight excluding hydrogens is 419 g/mol. The van der Waals surface area contributed by atoms with Crippen molar-refractivity contribution >= 4 is 40.1 Å². The van der Waals surface area contributed by atoms with Gasteiger partial charge in [0, 0.05) is 22.9 Å². The first-order valence-corrected chi connectivity index (χ1v) is 8.54. The van der Waals surface area contributed by atoms with Crippen molar-refractivity contribution in [3.8, 4) is 5.75 Å². The molecule has 2 amide bonds. The van der Waals surface area contributed by atoms with Crippen LogP contribution in [0.1, 0.15) is 34.6 Å². The van der Waals surface area contributed by atoms with Crippen molar-refractivity contribution in [2.45, 2.75) is 19.9 Å². The highest BCUT2D eigenvalue weighted by Gasteiger charge is 2.10. The molecule has 0 saturated carbocycles. The topological polar surface area (TPSA) is 67.4 Å². The number of benzene rings is 2. The van der Waals surface area contributed by atoms with Crippen molar-refractivity contribution in [1.82, 2.24) is 5.32 Å². The van der Waals surface area contributed by atoms with Gasteiger partial charge in [-0.05, 0) is 78.9 Å². The third-order valence-electron chi connectivity index (χ3n) is 3.24. The van der Waals surface area contributed by atoms with Gasteiger partial charge >= 0.3 is 0 Å². The van der Waals surface area contributed by atoms with Crippen molar-refractivity contribution in [1.29, 1.82) is 0 Å². The van der Waals surface area contributed by atoms with E-state index in [9.17, 15) is 9.59 Å². The highest BCUT2D eigenvalue weighted by molar-refractivity contribution is 14.1. The van der Waals surface area contributed by atoms with E-state index in [-0.39, 0.29) is 17.9 Å². The van der Waals surface area contributed by atoms with Gasteiger partial charge in [0.15, 0.2) is 0 Å². The summed E-state index contributed by atoms with van der Waals surface area (Å²) in [7, 11) is 1.59. The standard InChI is InChI=1S/C18H19IN2O3/c1-11(2)20-17(22)12-4-7-14(8-5-12)21-18(23)13-6-9-16(24-3)15(19)10-13/h4-11H,1-3H3,(H,20,22)(H,21,23).